The van der Waals surface area contributed by atoms with Gasteiger partial charge in [-0.3, -0.25) is 4.57 Å². The zero-order valence-electron chi connectivity index (χ0n) is 16.1. The largest absolute Gasteiger partial charge is 0.461 e. The first-order valence-corrected chi connectivity index (χ1v) is 10.5. The van der Waals surface area contributed by atoms with Crippen molar-refractivity contribution in [3.63, 3.8) is 0 Å². The molecule has 1 aliphatic rings. The lowest BCUT2D eigenvalue weighted by Gasteiger charge is -2.31. The first-order chi connectivity index (χ1) is 13.6. The predicted octanol–water partition coefficient (Wildman–Crippen LogP) is 3.85. The highest BCUT2D eigenvalue weighted by Crippen LogP contribution is 2.26. The van der Waals surface area contributed by atoms with E-state index < -0.39 is 0 Å². The van der Waals surface area contributed by atoms with Crippen LogP contribution in [0.5, 0.6) is 6.01 Å². The fourth-order valence-electron chi connectivity index (χ4n) is 3.46. The van der Waals surface area contributed by atoms with Crippen LogP contribution in [0.15, 0.2) is 29.6 Å². The molecule has 1 aromatic carbocycles. The molecule has 0 radical (unpaired) electrons. The molecule has 3 aromatic rings. The summed E-state index contributed by atoms with van der Waals surface area (Å²) in [6, 6.07) is 8.65. The minimum Gasteiger partial charge on any atom is -0.461 e. The highest BCUT2D eigenvalue weighted by Gasteiger charge is 2.26. The molecule has 4 rings (SSSR count). The van der Waals surface area contributed by atoms with Crippen LogP contribution in [-0.4, -0.2) is 51.3 Å². The molecule has 2 aromatic heterocycles. The Kier molecular flexibility index (Phi) is 5.47. The highest BCUT2D eigenvalue weighted by molar-refractivity contribution is 7.09. The van der Waals surface area contributed by atoms with Gasteiger partial charge >= 0.3 is 6.09 Å². The van der Waals surface area contributed by atoms with Gasteiger partial charge in [-0.1, -0.05) is 12.1 Å². The number of rotatable bonds is 5. The van der Waals surface area contributed by atoms with Gasteiger partial charge in [-0.25, -0.2) is 9.78 Å². The van der Waals surface area contributed by atoms with Gasteiger partial charge in [-0.15, -0.1) is 11.3 Å². The van der Waals surface area contributed by atoms with E-state index in [1.807, 2.05) is 32.0 Å². The van der Waals surface area contributed by atoms with E-state index in [0.29, 0.717) is 32.3 Å². The van der Waals surface area contributed by atoms with Crippen LogP contribution >= 0.6 is 11.3 Å². The number of amides is 1. The van der Waals surface area contributed by atoms with Gasteiger partial charge in [0.2, 0.25) is 0 Å². The summed E-state index contributed by atoms with van der Waals surface area (Å²) in [6.45, 7) is 6.12. The standard InChI is InChI=1S/C20H24N4O3S/c1-3-26-20(25)23-10-8-16(9-11-23)27-19-22-17-6-4-5-7-18(17)24(19)12-15-13-28-14(2)21-15/h4-7,13,16H,3,8-12H2,1-2H3. The molecule has 28 heavy (non-hydrogen) atoms. The quantitative estimate of drug-likeness (QED) is 0.651. The maximum Gasteiger partial charge on any atom is 0.409 e. The number of benzene rings is 1. The summed E-state index contributed by atoms with van der Waals surface area (Å²) in [4.78, 5) is 22.9. The minimum atomic E-state index is -0.243. The summed E-state index contributed by atoms with van der Waals surface area (Å²) < 4.78 is 13.5. The number of aromatic nitrogens is 3. The van der Waals surface area contributed by atoms with Gasteiger partial charge in [0.25, 0.3) is 6.01 Å². The van der Waals surface area contributed by atoms with Crippen molar-refractivity contribution in [1.29, 1.82) is 0 Å². The zero-order chi connectivity index (χ0) is 19.5. The van der Waals surface area contributed by atoms with E-state index in [4.69, 9.17) is 14.5 Å². The molecule has 0 N–H and O–H groups in total. The van der Waals surface area contributed by atoms with Crippen molar-refractivity contribution >= 4 is 28.5 Å². The molecule has 3 heterocycles. The Morgan fingerprint density at radius 1 is 1.25 bits per heavy atom. The fraction of sp³-hybridized carbons (Fsp3) is 0.450. The Morgan fingerprint density at radius 3 is 2.75 bits per heavy atom. The van der Waals surface area contributed by atoms with Crippen LogP contribution in [0.25, 0.3) is 11.0 Å². The van der Waals surface area contributed by atoms with Crippen LogP contribution in [0, 0.1) is 6.92 Å². The molecule has 0 unspecified atom stereocenters. The molecule has 0 aliphatic carbocycles. The third-order valence-electron chi connectivity index (χ3n) is 4.85. The van der Waals surface area contributed by atoms with Crippen LogP contribution in [0.3, 0.4) is 0 Å². The van der Waals surface area contributed by atoms with Crippen molar-refractivity contribution in [2.45, 2.75) is 39.3 Å². The van der Waals surface area contributed by atoms with E-state index in [1.54, 1.807) is 16.2 Å². The van der Waals surface area contributed by atoms with Gasteiger partial charge in [0.05, 0.1) is 34.9 Å². The van der Waals surface area contributed by atoms with Gasteiger partial charge in [-0.2, -0.15) is 4.98 Å². The molecular formula is C20H24N4O3S. The molecule has 0 spiro atoms. The van der Waals surface area contributed by atoms with Crippen molar-refractivity contribution in [1.82, 2.24) is 19.4 Å². The van der Waals surface area contributed by atoms with Gasteiger partial charge < -0.3 is 14.4 Å². The Morgan fingerprint density at radius 2 is 2.04 bits per heavy atom. The summed E-state index contributed by atoms with van der Waals surface area (Å²) in [5.74, 6) is 0. The highest BCUT2D eigenvalue weighted by atomic mass is 32.1. The molecule has 8 heteroatoms. The van der Waals surface area contributed by atoms with Crippen molar-refractivity contribution in [2.24, 2.45) is 0 Å². The Labute approximate surface area is 167 Å². The molecule has 148 valence electrons. The second kappa shape index (κ2) is 8.18. The molecule has 1 saturated heterocycles. The number of piperidine rings is 1. The van der Waals surface area contributed by atoms with Crippen LogP contribution < -0.4 is 4.74 Å². The van der Waals surface area contributed by atoms with Crippen LogP contribution in [0.1, 0.15) is 30.5 Å². The van der Waals surface area contributed by atoms with Gasteiger partial charge in [0.1, 0.15) is 6.10 Å². The number of thiazole rings is 1. The SMILES string of the molecule is CCOC(=O)N1CCC(Oc2nc3ccccc3n2Cc2csc(C)n2)CC1. The van der Waals surface area contributed by atoms with Gasteiger partial charge in [0, 0.05) is 31.3 Å². The number of likely N-dealkylation sites (tertiary alicyclic amines) is 1. The normalized spacial score (nSPS) is 15.1. The molecular weight excluding hydrogens is 376 g/mol. The lowest BCUT2D eigenvalue weighted by Crippen LogP contribution is -2.42. The molecule has 1 aliphatic heterocycles. The summed E-state index contributed by atoms with van der Waals surface area (Å²) in [7, 11) is 0. The Balaban J connectivity index is 1.51. The Bertz CT molecular complexity index is 959. The topological polar surface area (TPSA) is 69.5 Å². The molecule has 1 amide bonds. The second-order valence-corrected chi connectivity index (χ2v) is 7.89. The molecule has 7 nitrogen and oxygen atoms in total. The van der Waals surface area contributed by atoms with Crippen molar-refractivity contribution in [3.05, 3.63) is 40.3 Å². The second-order valence-electron chi connectivity index (χ2n) is 6.83. The van der Waals surface area contributed by atoms with Gasteiger partial charge in [0.15, 0.2) is 0 Å². The number of imidazole rings is 1. The summed E-state index contributed by atoms with van der Waals surface area (Å²) in [5.41, 5.74) is 2.95. The number of nitrogens with zero attached hydrogens (tertiary/aromatic N) is 4. The summed E-state index contributed by atoms with van der Waals surface area (Å²) in [6.07, 6.45) is 1.31. The van der Waals surface area contributed by atoms with Crippen LogP contribution in [0.4, 0.5) is 4.79 Å². The molecule has 0 saturated carbocycles. The summed E-state index contributed by atoms with van der Waals surface area (Å²) >= 11 is 1.65. The number of fused-ring (bicyclic) bond motifs is 1. The fourth-order valence-corrected chi connectivity index (χ4v) is 4.06. The van der Waals surface area contributed by atoms with Crippen molar-refractivity contribution in [2.75, 3.05) is 19.7 Å². The molecule has 0 bridgehead atoms. The number of para-hydroxylation sites is 2. The lowest BCUT2D eigenvalue weighted by atomic mass is 10.1. The van der Waals surface area contributed by atoms with Crippen molar-refractivity contribution in [3.8, 4) is 6.01 Å². The smallest absolute Gasteiger partial charge is 0.409 e. The van der Waals surface area contributed by atoms with E-state index in [2.05, 4.69) is 21.0 Å². The van der Waals surface area contributed by atoms with Gasteiger partial charge in [-0.05, 0) is 26.0 Å². The third-order valence-corrected chi connectivity index (χ3v) is 5.67. The minimum absolute atomic E-state index is 0.0263. The van der Waals surface area contributed by atoms with E-state index in [1.165, 1.54) is 0 Å². The van der Waals surface area contributed by atoms with Crippen LogP contribution in [-0.2, 0) is 11.3 Å². The first-order valence-electron chi connectivity index (χ1n) is 9.58. The van der Waals surface area contributed by atoms with E-state index >= 15 is 0 Å². The average Bonchev–Trinajstić information content (AvgIpc) is 3.26. The maximum atomic E-state index is 11.9. The van der Waals surface area contributed by atoms with E-state index in [0.717, 1.165) is 34.6 Å². The maximum absolute atomic E-state index is 11.9. The van der Waals surface area contributed by atoms with Crippen LogP contribution in [0.2, 0.25) is 0 Å². The Hall–Kier alpha value is -2.61. The van der Waals surface area contributed by atoms with E-state index in [-0.39, 0.29) is 12.2 Å². The number of hydrogen-bond donors (Lipinski definition) is 0. The predicted molar refractivity (Wildman–Crippen MR) is 108 cm³/mol. The monoisotopic (exact) mass is 400 g/mol. The zero-order valence-corrected chi connectivity index (χ0v) is 16.9. The molecule has 1 fully saturated rings. The number of hydrogen-bond acceptors (Lipinski definition) is 6. The van der Waals surface area contributed by atoms with E-state index in [9.17, 15) is 4.79 Å². The average molecular weight is 401 g/mol. The number of aryl methyl sites for hydroxylation is 1. The third kappa shape index (κ3) is 3.96. The first kappa shape index (κ1) is 18.7. The number of ether oxygens (including phenoxy) is 2. The molecule has 0 atom stereocenters. The number of carbonyl (C=O) groups excluding carboxylic acids is 1. The lowest BCUT2D eigenvalue weighted by molar-refractivity contribution is 0.0659. The number of carbonyl (C=O) groups is 1. The van der Waals surface area contributed by atoms with Crippen molar-refractivity contribution < 1.29 is 14.3 Å². The summed E-state index contributed by atoms with van der Waals surface area (Å²) in [5, 5.41) is 3.12.